The summed E-state index contributed by atoms with van der Waals surface area (Å²) < 4.78 is 11.3. The second-order valence-electron chi connectivity index (χ2n) is 7.71. The molecule has 10 heteroatoms. The highest BCUT2D eigenvalue weighted by atomic mass is 35.5. The summed E-state index contributed by atoms with van der Waals surface area (Å²) in [4.78, 5) is 38.0. The first-order valence-corrected chi connectivity index (χ1v) is 11.0. The van der Waals surface area contributed by atoms with Gasteiger partial charge in [0.1, 0.15) is 0 Å². The predicted octanol–water partition coefficient (Wildman–Crippen LogP) is 3.79. The van der Waals surface area contributed by atoms with E-state index in [1.807, 2.05) is 0 Å². The zero-order valence-corrected chi connectivity index (χ0v) is 19.5. The quantitative estimate of drug-likeness (QED) is 0.235. The van der Waals surface area contributed by atoms with Crippen LogP contribution in [-0.4, -0.2) is 33.0 Å². The molecule has 2 aromatic heterocycles. The van der Waals surface area contributed by atoms with Crippen molar-refractivity contribution >= 4 is 17.6 Å². The van der Waals surface area contributed by atoms with Gasteiger partial charge in [0.2, 0.25) is 0 Å². The largest absolute Gasteiger partial charge is 0.490 e. The lowest BCUT2D eigenvalue weighted by molar-refractivity contribution is 0.0728. The van der Waals surface area contributed by atoms with Crippen LogP contribution in [-0.2, 0) is 0 Å². The fourth-order valence-corrected chi connectivity index (χ4v) is 4.11. The van der Waals surface area contributed by atoms with Gasteiger partial charge in [0.05, 0.1) is 23.3 Å². The van der Waals surface area contributed by atoms with Crippen LogP contribution in [0.2, 0.25) is 5.02 Å². The fraction of sp³-hybridized carbons (Fsp3) is 0.208. The molecule has 4 N–H and O–H groups in total. The van der Waals surface area contributed by atoms with Gasteiger partial charge in [0.25, 0.3) is 11.1 Å². The summed E-state index contributed by atoms with van der Waals surface area (Å²) in [6.45, 7) is 5.61. The standard InChI is InChI=1S/C24H23ClN4O5/c1-4-33-18-11-14(8-9-17(18)34-24(32)15-6-5-7-16(25)10-15)21(19-12(2)26-28-22(19)30)20-13(3)27-29-23(20)31/h5-11,21H,4H2,1-3H3,(H2,26,28,30)(H2,27,29,31). The van der Waals surface area contributed by atoms with Gasteiger partial charge in [0.15, 0.2) is 11.5 Å². The minimum absolute atomic E-state index is 0.203. The normalized spacial score (nSPS) is 11.1. The SMILES string of the molecule is CCOc1cc(C(c2c(C)[nH][nH]c2=O)c2c(C)[nH][nH]c2=O)ccc1OC(=O)c1cccc(Cl)c1. The number of hydrogen-bond acceptors (Lipinski definition) is 5. The zero-order valence-electron chi connectivity index (χ0n) is 18.7. The summed E-state index contributed by atoms with van der Waals surface area (Å²) in [5.74, 6) is -0.783. The van der Waals surface area contributed by atoms with Crippen LogP contribution >= 0.6 is 11.6 Å². The summed E-state index contributed by atoms with van der Waals surface area (Å²) in [5.41, 5.74) is 2.24. The van der Waals surface area contributed by atoms with E-state index < -0.39 is 11.9 Å². The summed E-state index contributed by atoms with van der Waals surface area (Å²) >= 11 is 5.98. The maximum absolute atomic E-state index is 12.7. The van der Waals surface area contributed by atoms with Gasteiger partial charge in [-0.25, -0.2) is 4.79 Å². The highest BCUT2D eigenvalue weighted by Gasteiger charge is 2.29. The minimum Gasteiger partial charge on any atom is -0.490 e. The molecule has 0 saturated heterocycles. The average molecular weight is 483 g/mol. The number of benzene rings is 2. The molecular weight excluding hydrogens is 460 g/mol. The van der Waals surface area contributed by atoms with Gasteiger partial charge in [-0.1, -0.05) is 23.7 Å². The van der Waals surface area contributed by atoms with E-state index in [0.717, 1.165) is 0 Å². The number of H-pyrrole nitrogens is 4. The van der Waals surface area contributed by atoms with E-state index in [2.05, 4.69) is 20.4 Å². The Hall–Kier alpha value is -3.98. The van der Waals surface area contributed by atoms with Crippen LogP contribution < -0.4 is 20.6 Å². The molecule has 0 saturated carbocycles. The number of hydrogen-bond donors (Lipinski definition) is 4. The lowest BCUT2D eigenvalue weighted by atomic mass is 9.85. The molecule has 9 nitrogen and oxygen atoms in total. The zero-order chi connectivity index (χ0) is 24.4. The van der Waals surface area contributed by atoms with Crippen LogP contribution in [0.15, 0.2) is 52.1 Å². The lowest BCUT2D eigenvalue weighted by Crippen LogP contribution is -2.20. The number of aromatic amines is 4. The van der Waals surface area contributed by atoms with E-state index in [4.69, 9.17) is 21.1 Å². The molecule has 0 aliphatic rings. The molecule has 4 rings (SSSR count). The monoisotopic (exact) mass is 482 g/mol. The minimum atomic E-state index is -0.693. The van der Waals surface area contributed by atoms with Crippen LogP contribution in [0.5, 0.6) is 11.5 Å². The Bertz CT molecular complexity index is 1410. The molecule has 4 aromatic rings. The fourth-order valence-electron chi connectivity index (χ4n) is 3.91. The van der Waals surface area contributed by atoms with Crippen LogP contribution in [0.1, 0.15) is 51.3 Å². The van der Waals surface area contributed by atoms with Gasteiger partial charge < -0.3 is 19.7 Å². The maximum atomic E-state index is 12.7. The van der Waals surface area contributed by atoms with Gasteiger partial charge in [-0.3, -0.25) is 19.8 Å². The van der Waals surface area contributed by atoms with Crippen molar-refractivity contribution in [3.05, 3.63) is 102 Å². The number of ether oxygens (including phenoxy) is 2. The Kier molecular flexibility index (Phi) is 6.47. The highest BCUT2D eigenvalue weighted by molar-refractivity contribution is 6.30. The van der Waals surface area contributed by atoms with Crippen molar-refractivity contribution in [3.63, 3.8) is 0 Å². The number of aromatic nitrogens is 4. The number of carbonyl (C=O) groups excluding carboxylic acids is 1. The molecule has 0 unspecified atom stereocenters. The number of rotatable bonds is 7. The summed E-state index contributed by atoms with van der Waals surface area (Å²) in [5, 5.41) is 11.2. The predicted molar refractivity (Wildman–Crippen MR) is 127 cm³/mol. The van der Waals surface area contributed by atoms with E-state index in [-0.39, 0.29) is 16.9 Å². The van der Waals surface area contributed by atoms with E-state index in [0.29, 0.717) is 51.0 Å². The summed E-state index contributed by atoms with van der Waals surface area (Å²) in [6, 6.07) is 11.4. The number of nitrogens with one attached hydrogen (secondary N) is 4. The lowest BCUT2D eigenvalue weighted by Gasteiger charge is -2.18. The van der Waals surface area contributed by atoms with Crippen molar-refractivity contribution < 1.29 is 14.3 Å². The Morgan fingerprint density at radius 3 is 2.09 bits per heavy atom. The molecule has 0 fully saturated rings. The van der Waals surface area contributed by atoms with Gasteiger partial charge in [-0.2, -0.15) is 0 Å². The Balaban J connectivity index is 1.81. The van der Waals surface area contributed by atoms with Crippen LogP contribution in [0.3, 0.4) is 0 Å². The van der Waals surface area contributed by atoms with Crippen molar-refractivity contribution in [1.29, 1.82) is 0 Å². The maximum Gasteiger partial charge on any atom is 0.343 e. The second kappa shape index (κ2) is 9.48. The molecule has 0 bridgehead atoms. The Morgan fingerprint density at radius 2 is 1.56 bits per heavy atom. The van der Waals surface area contributed by atoms with E-state index >= 15 is 0 Å². The first-order valence-electron chi connectivity index (χ1n) is 10.6. The van der Waals surface area contributed by atoms with Crippen LogP contribution in [0.4, 0.5) is 0 Å². The van der Waals surface area contributed by atoms with Crippen LogP contribution in [0.25, 0.3) is 0 Å². The molecule has 0 amide bonds. The number of halogens is 1. The van der Waals surface area contributed by atoms with Crippen molar-refractivity contribution in [1.82, 2.24) is 20.4 Å². The molecule has 0 atom stereocenters. The van der Waals surface area contributed by atoms with Gasteiger partial charge in [0, 0.05) is 22.3 Å². The third-order valence-corrected chi connectivity index (χ3v) is 5.70. The molecule has 0 radical (unpaired) electrons. The average Bonchev–Trinajstić information content (AvgIpc) is 3.32. The Morgan fingerprint density at radius 1 is 0.912 bits per heavy atom. The molecule has 0 spiro atoms. The summed E-state index contributed by atoms with van der Waals surface area (Å²) in [6.07, 6.45) is 0. The first kappa shape index (κ1) is 23.2. The van der Waals surface area contributed by atoms with E-state index in [1.165, 1.54) is 6.07 Å². The Labute approximate surface area is 199 Å². The van der Waals surface area contributed by atoms with Gasteiger partial charge >= 0.3 is 5.97 Å². The number of carbonyl (C=O) groups is 1. The third kappa shape index (κ3) is 4.42. The smallest absolute Gasteiger partial charge is 0.343 e. The van der Waals surface area contributed by atoms with Crippen molar-refractivity contribution in [2.24, 2.45) is 0 Å². The topological polar surface area (TPSA) is 133 Å². The molecule has 0 aliphatic carbocycles. The third-order valence-electron chi connectivity index (χ3n) is 5.47. The van der Waals surface area contributed by atoms with Crippen LogP contribution in [0, 0.1) is 13.8 Å². The van der Waals surface area contributed by atoms with Crippen molar-refractivity contribution in [3.8, 4) is 11.5 Å². The molecule has 2 heterocycles. The first-order chi connectivity index (χ1) is 16.3. The molecule has 0 aliphatic heterocycles. The van der Waals surface area contributed by atoms with E-state index in [1.54, 1.807) is 57.2 Å². The van der Waals surface area contributed by atoms with Crippen molar-refractivity contribution in [2.75, 3.05) is 6.61 Å². The molecule has 176 valence electrons. The second-order valence-corrected chi connectivity index (χ2v) is 8.14. The van der Waals surface area contributed by atoms with Gasteiger partial charge in [-0.15, -0.1) is 0 Å². The molecule has 34 heavy (non-hydrogen) atoms. The number of aryl methyl sites for hydroxylation is 2. The summed E-state index contributed by atoms with van der Waals surface area (Å²) in [7, 11) is 0. The van der Waals surface area contributed by atoms with Crippen molar-refractivity contribution in [2.45, 2.75) is 26.7 Å². The highest BCUT2D eigenvalue weighted by Crippen LogP contribution is 2.37. The number of esters is 1. The molecular formula is C24H23ClN4O5. The molecule has 2 aromatic carbocycles. The van der Waals surface area contributed by atoms with Gasteiger partial charge in [-0.05, 0) is 56.7 Å². The van der Waals surface area contributed by atoms with E-state index in [9.17, 15) is 14.4 Å².